The summed E-state index contributed by atoms with van der Waals surface area (Å²) >= 11 is 0. The first kappa shape index (κ1) is 15.1. The number of carbonyl (C=O) groups is 1. The largest absolute Gasteiger partial charge is 0.497 e. The number of nitrogens with zero attached hydrogens (tertiary/aromatic N) is 3. The standard InChI is InChI=1S/C15H18N4O4/c1-18-9-16-19(15(18)21)7-14(20)17-11-5-10-3-4-12(22-2)6-13(10)23-8-11/h3-4,6,9,11H,5,7-8H2,1-2H3,(H,17,20)/t11-/m0/s1. The molecule has 8 heteroatoms. The van der Waals surface area contributed by atoms with E-state index in [1.807, 2.05) is 18.2 Å². The van der Waals surface area contributed by atoms with Crippen molar-refractivity contribution in [3.8, 4) is 11.5 Å². The molecule has 1 aliphatic heterocycles. The number of aromatic nitrogens is 3. The van der Waals surface area contributed by atoms with Gasteiger partial charge in [0.05, 0.1) is 13.2 Å². The number of aryl methyl sites for hydroxylation is 1. The molecular formula is C15H18N4O4. The minimum atomic E-state index is -0.322. The highest BCUT2D eigenvalue weighted by Gasteiger charge is 2.22. The highest BCUT2D eigenvalue weighted by Crippen LogP contribution is 2.28. The minimum Gasteiger partial charge on any atom is -0.497 e. The Morgan fingerprint density at radius 1 is 1.52 bits per heavy atom. The smallest absolute Gasteiger partial charge is 0.345 e. The molecule has 0 spiro atoms. The highest BCUT2D eigenvalue weighted by molar-refractivity contribution is 5.76. The van der Waals surface area contributed by atoms with Gasteiger partial charge >= 0.3 is 5.69 Å². The number of ether oxygens (including phenoxy) is 2. The summed E-state index contributed by atoms with van der Waals surface area (Å²) < 4.78 is 13.3. The Kier molecular flexibility index (Phi) is 4.05. The fraction of sp³-hybridized carbons (Fsp3) is 0.400. The summed E-state index contributed by atoms with van der Waals surface area (Å²) in [5.41, 5.74) is 0.690. The average Bonchev–Trinajstić information content (AvgIpc) is 2.86. The molecule has 1 aromatic heterocycles. The Hall–Kier alpha value is -2.77. The van der Waals surface area contributed by atoms with Gasteiger partial charge in [-0.2, -0.15) is 5.10 Å². The molecule has 122 valence electrons. The van der Waals surface area contributed by atoms with Gasteiger partial charge in [-0.15, -0.1) is 0 Å². The summed E-state index contributed by atoms with van der Waals surface area (Å²) in [7, 11) is 3.19. The van der Waals surface area contributed by atoms with Crippen molar-refractivity contribution < 1.29 is 14.3 Å². The quantitative estimate of drug-likeness (QED) is 0.837. The number of nitrogens with one attached hydrogen (secondary N) is 1. The lowest BCUT2D eigenvalue weighted by Gasteiger charge is -2.26. The Labute approximate surface area is 132 Å². The van der Waals surface area contributed by atoms with Crippen LogP contribution >= 0.6 is 0 Å². The van der Waals surface area contributed by atoms with Gasteiger partial charge in [0.25, 0.3) is 0 Å². The van der Waals surface area contributed by atoms with Gasteiger partial charge in [-0.3, -0.25) is 9.36 Å². The third-order valence-corrected chi connectivity index (χ3v) is 3.73. The van der Waals surface area contributed by atoms with Crippen LogP contribution in [-0.4, -0.2) is 40.0 Å². The number of carbonyl (C=O) groups excluding carboxylic acids is 1. The molecule has 1 aromatic carbocycles. The third-order valence-electron chi connectivity index (χ3n) is 3.73. The summed E-state index contributed by atoms with van der Waals surface area (Å²) in [5, 5.41) is 6.73. The van der Waals surface area contributed by atoms with Gasteiger partial charge in [0.15, 0.2) is 0 Å². The van der Waals surface area contributed by atoms with Crippen LogP contribution in [0.5, 0.6) is 11.5 Å². The topological polar surface area (TPSA) is 87.4 Å². The second-order valence-corrected chi connectivity index (χ2v) is 5.44. The molecule has 0 fully saturated rings. The first-order chi connectivity index (χ1) is 11.1. The van der Waals surface area contributed by atoms with E-state index in [0.717, 1.165) is 21.7 Å². The number of fused-ring (bicyclic) bond motifs is 1. The number of benzene rings is 1. The van der Waals surface area contributed by atoms with Gasteiger partial charge < -0.3 is 14.8 Å². The van der Waals surface area contributed by atoms with Crippen molar-refractivity contribution in [1.29, 1.82) is 0 Å². The van der Waals surface area contributed by atoms with E-state index in [1.165, 1.54) is 10.9 Å². The molecule has 1 atom stereocenters. The Balaban J connectivity index is 1.62. The molecule has 8 nitrogen and oxygen atoms in total. The van der Waals surface area contributed by atoms with Crippen LogP contribution in [0.15, 0.2) is 29.3 Å². The minimum absolute atomic E-state index is 0.106. The van der Waals surface area contributed by atoms with Crippen LogP contribution in [0.4, 0.5) is 0 Å². The predicted octanol–water partition coefficient (Wildman–Crippen LogP) is -0.290. The molecule has 2 heterocycles. The van der Waals surface area contributed by atoms with Gasteiger partial charge in [0.2, 0.25) is 5.91 Å². The second-order valence-electron chi connectivity index (χ2n) is 5.44. The van der Waals surface area contributed by atoms with E-state index in [-0.39, 0.29) is 24.2 Å². The fourth-order valence-corrected chi connectivity index (χ4v) is 2.51. The molecular weight excluding hydrogens is 300 g/mol. The SMILES string of the molecule is COc1ccc2c(c1)OC[C@@H](NC(=O)Cn1ncn(C)c1=O)C2. The lowest BCUT2D eigenvalue weighted by atomic mass is 10.0. The molecule has 1 amide bonds. The van der Waals surface area contributed by atoms with Crippen LogP contribution in [-0.2, 0) is 24.8 Å². The number of hydrogen-bond acceptors (Lipinski definition) is 5. The van der Waals surface area contributed by atoms with E-state index < -0.39 is 0 Å². The monoisotopic (exact) mass is 318 g/mol. The van der Waals surface area contributed by atoms with Gasteiger partial charge in [-0.25, -0.2) is 9.48 Å². The summed E-state index contributed by atoms with van der Waals surface area (Å²) in [6, 6.07) is 5.49. The van der Waals surface area contributed by atoms with Gasteiger partial charge in [-0.05, 0) is 18.1 Å². The normalized spacial score (nSPS) is 16.3. The number of amides is 1. The van der Waals surface area contributed by atoms with Crippen molar-refractivity contribution in [2.24, 2.45) is 7.05 Å². The van der Waals surface area contributed by atoms with E-state index in [0.29, 0.717) is 13.0 Å². The van der Waals surface area contributed by atoms with E-state index in [2.05, 4.69) is 10.4 Å². The van der Waals surface area contributed by atoms with Crippen LogP contribution < -0.4 is 20.5 Å². The predicted molar refractivity (Wildman–Crippen MR) is 81.6 cm³/mol. The van der Waals surface area contributed by atoms with Gasteiger partial charge in [0.1, 0.15) is 31.0 Å². The lowest BCUT2D eigenvalue weighted by molar-refractivity contribution is -0.122. The molecule has 0 unspecified atom stereocenters. The van der Waals surface area contributed by atoms with Crippen molar-refractivity contribution in [3.05, 3.63) is 40.6 Å². The maximum atomic E-state index is 12.1. The molecule has 1 N–H and O–H groups in total. The van der Waals surface area contributed by atoms with E-state index >= 15 is 0 Å². The molecule has 0 bridgehead atoms. The Bertz CT molecular complexity index is 780. The summed E-state index contributed by atoms with van der Waals surface area (Å²) in [6.45, 7) is 0.272. The van der Waals surface area contributed by atoms with Crippen LogP contribution in [0.3, 0.4) is 0 Å². The number of methoxy groups -OCH3 is 1. The maximum Gasteiger partial charge on any atom is 0.345 e. The van der Waals surface area contributed by atoms with E-state index in [1.54, 1.807) is 14.2 Å². The zero-order chi connectivity index (χ0) is 16.4. The molecule has 0 radical (unpaired) electrons. The molecule has 0 saturated heterocycles. The summed E-state index contributed by atoms with van der Waals surface area (Å²) in [6.07, 6.45) is 2.05. The summed E-state index contributed by atoms with van der Waals surface area (Å²) in [5.74, 6) is 1.24. The second kappa shape index (κ2) is 6.15. The maximum absolute atomic E-state index is 12.1. The molecule has 0 aliphatic carbocycles. The third kappa shape index (κ3) is 3.20. The number of rotatable bonds is 4. The van der Waals surface area contributed by atoms with Crippen molar-refractivity contribution in [3.63, 3.8) is 0 Å². The van der Waals surface area contributed by atoms with Crippen LogP contribution in [0.25, 0.3) is 0 Å². The Morgan fingerprint density at radius 2 is 2.35 bits per heavy atom. The van der Waals surface area contributed by atoms with Crippen molar-refractivity contribution in [1.82, 2.24) is 19.7 Å². The summed E-state index contributed by atoms with van der Waals surface area (Å²) in [4.78, 5) is 23.7. The van der Waals surface area contributed by atoms with Crippen molar-refractivity contribution in [2.75, 3.05) is 13.7 Å². The zero-order valence-corrected chi connectivity index (χ0v) is 13.0. The zero-order valence-electron chi connectivity index (χ0n) is 13.0. The van der Waals surface area contributed by atoms with E-state index in [4.69, 9.17) is 9.47 Å². The van der Waals surface area contributed by atoms with Gasteiger partial charge in [0, 0.05) is 13.1 Å². The molecule has 0 saturated carbocycles. The lowest BCUT2D eigenvalue weighted by Crippen LogP contribution is -2.45. The van der Waals surface area contributed by atoms with Crippen LogP contribution in [0, 0.1) is 0 Å². The van der Waals surface area contributed by atoms with Crippen LogP contribution in [0.1, 0.15) is 5.56 Å². The fourth-order valence-electron chi connectivity index (χ4n) is 2.51. The molecule has 23 heavy (non-hydrogen) atoms. The molecule has 1 aliphatic rings. The first-order valence-corrected chi connectivity index (χ1v) is 7.24. The van der Waals surface area contributed by atoms with Gasteiger partial charge in [-0.1, -0.05) is 6.07 Å². The molecule has 2 aromatic rings. The average molecular weight is 318 g/mol. The molecule has 3 rings (SSSR count). The van der Waals surface area contributed by atoms with Crippen LogP contribution in [0.2, 0.25) is 0 Å². The van der Waals surface area contributed by atoms with Crippen molar-refractivity contribution in [2.45, 2.75) is 19.0 Å². The Morgan fingerprint density at radius 3 is 3.04 bits per heavy atom. The first-order valence-electron chi connectivity index (χ1n) is 7.24. The highest BCUT2D eigenvalue weighted by atomic mass is 16.5. The number of hydrogen-bond donors (Lipinski definition) is 1. The van der Waals surface area contributed by atoms with Crippen molar-refractivity contribution >= 4 is 5.91 Å². The van der Waals surface area contributed by atoms with E-state index in [9.17, 15) is 9.59 Å².